The fourth-order valence-corrected chi connectivity index (χ4v) is 3.11. The Balaban J connectivity index is 0.00000133. The van der Waals surface area contributed by atoms with Gasteiger partial charge in [-0.25, -0.2) is 4.98 Å². The first-order chi connectivity index (χ1) is 8.56. The molecule has 0 aliphatic rings. The van der Waals surface area contributed by atoms with Crippen LogP contribution in [0.1, 0.15) is 11.1 Å². The van der Waals surface area contributed by atoms with Crippen LogP contribution in [0, 0.1) is 13.8 Å². The van der Waals surface area contributed by atoms with Gasteiger partial charge in [-0.1, -0.05) is 0 Å². The van der Waals surface area contributed by atoms with Gasteiger partial charge in [-0.2, -0.15) is 0 Å². The van der Waals surface area contributed by atoms with Crippen LogP contribution in [0.2, 0.25) is 0 Å². The van der Waals surface area contributed by atoms with Crippen molar-refractivity contribution in [2.24, 2.45) is 0 Å². The molecule has 5 heteroatoms. The Kier molecular flexibility index (Phi) is 3.24. The van der Waals surface area contributed by atoms with Crippen LogP contribution in [0.25, 0.3) is 20.4 Å². The topological polar surface area (TPSA) is 64.9 Å². The lowest BCUT2D eigenvalue weighted by atomic mass is 10.2. The quantitative estimate of drug-likeness (QED) is 0.357. The summed E-state index contributed by atoms with van der Waals surface area (Å²) < 4.78 is 2.23. The van der Waals surface area contributed by atoms with E-state index in [-0.39, 0.29) is 4.70 Å². The molecule has 0 spiro atoms. The van der Waals surface area contributed by atoms with Crippen molar-refractivity contribution in [3.63, 3.8) is 0 Å². The van der Waals surface area contributed by atoms with Crippen LogP contribution in [0.5, 0.6) is 0 Å². The molecule has 3 nitrogen and oxygen atoms in total. The number of aryl methyl sites for hydroxylation is 2. The third-order valence-corrected chi connectivity index (χ3v) is 4.49. The summed E-state index contributed by atoms with van der Waals surface area (Å²) in [6.07, 6.45) is 0. The fraction of sp³-hybridized carbons (Fsp3) is 0.143. The minimum absolute atomic E-state index is 0. The van der Waals surface area contributed by atoms with Crippen molar-refractivity contribution < 1.29 is 4.70 Å². The summed E-state index contributed by atoms with van der Waals surface area (Å²) >= 11 is 1.69. The first-order valence-corrected chi connectivity index (χ1v) is 6.56. The maximum Gasteiger partial charge on any atom is 0.262 e. The number of rotatable bonds is 0. The van der Waals surface area contributed by atoms with Crippen molar-refractivity contribution in [3.05, 3.63) is 35.4 Å². The molecule has 0 radical (unpaired) electrons. The second kappa shape index (κ2) is 4.59. The van der Waals surface area contributed by atoms with E-state index in [9.17, 15) is 0 Å². The first-order valence-electron chi connectivity index (χ1n) is 5.75. The van der Waals surface area contributed by atoms with Crippen LogP contribution in [-0.4, -0.2) is 4.98 Å². The van der Waals surface area contributed by atoms with E-state index in [1.165, 1.54) is 0 Å². The lowest BCUT2D eigenvalue weighted by molar-refractivity contribution is -0.00000369. The second-order valence-electron chi connectivity index (χ2n) is 4.52. The van der Waals surface area contributed by atoms with E-state index in [1.54, 1.807) is 11.3 Å². The summed E-state index contributed by atoms with van der Waals surface area (Å²) in [6.45, 7) is 4.03. The Morgan fingerprint density at radius 3 is 2.47 bits per heavy atom. The minimum Gasteiger partial charge on any atom is -1.00 e. The number of hydrogen-bond acceptors (Lipinski definition) is 3. The molecule has 19 heavy (non-hydrogen) atoms. The predicted molar refractivity (Wildman–Crippen MR) is 79.8 cm³/mol. The van der Waals surface area contributed by atoms with Gasteiger partial charge in [0, 0.05) is 23.0 Å². The molecule has 0 bridgehead atoms. The number of nitrogens with zero attached hydrogens (tertiary/aromatic N) is 1. The highest BCUT2D eigenvalue weighted by atomic mass is 32.1. The maximum absolute atomic E-state index is 5.95. The summed E-state index contributed by atoms with van der Waals surface area (Å²) in [4.78, 5) is 4.68. The van der Waals surface area contributed by atoms with Crippen LogP contribution >= 0.6 is 11.3 Å². The van der Waals surface area contributed by atoms with E-state index in [1.807, 2.05) is 38.1 Å². The predicted octanol–water partition coefficient (Wildman–Crippen LogP) is 0.516. The van der Waals surface area contributed by atoms with Gasteiger partial charge in [0.15, 0.2) is 0 Å². The Morgan fingerprint density at radius 2 is 1.74 bits per heavy atom. The second-order valence-corrected chi connectivity index (χ2v) is 5.57. The molecule has 0 saturated carbocycles. The van der Waals surface area contributed by atoms with Crippen molar-refractivity contribution in [3.8, 4) is 0 Å². The van der Waals surface area contributed by atoms with E-state index in [0.717, 1.165) is 42.9 Å². The zero-order valence-corrected chi connectivity index (χ0v) is 11.5. The van der Waals surface area contributed by atoms with E-state index in [0.29, 0.717) is 0 Å². The van der Waals surface area contributed by atoms with Gasteiger partial charge in [-0.3, -0.25) is 0 Å². The summed E-state index contributed by atoms with van der Waals surface area (Å²) in [6, 6.07) is 7.91. The van der Waals surface area contributed by atoms with Crippen molar-refractivity contribution in [2.75, 3.05) is 11.5 Å². The van der Waals surface area contributed by atoms with Gasteiger partial charge in [0.25, 0.3) is 9.40 Å². The summed E-state index contributed by atoms with van der Waals surface area (Å²) in [5, 5.41) is 0. The average Bonchev–Trinajstić information content (AvgIpc) is 2.34. The van der Waals surface area contributed by atoms with E-state index < -0.39 is 0 Å². The highest BCUT2D eigenvalue weighted by Crippen LogP contribution is 2.32. The van der Waals surface area contributed by atoms with Gasteiger partial charge in [-0.15, -0.1) is 0 Å². The maximum atomic E-state index is 5.95. The molecule has 0 fully saturated rings. The molecule has 1 aromatic heterocycles. The van der Waals surface area contributed by atoms with Crippen molar-refractivity contribution in [1.82, 2.24) is 4.98 Å². The van der Waals surface area contributed by atoms with Crippen LogP contribution in [-0.2, 0) is 0 Å². The molecule has 0 aliphatic heterocycles. The summed E-state index contributed by atoms with van der Waals surface area (Å²) in [5.74, 6) is 0. The van der Waals surface area contributed by atoms with Crippen molar-refractivity contribution in [2.45, 2.75) is 13.8 Å². The van der Waals surface area contributed by atoms with Crippen LogP contribution in [0.15, 0.2) is 24.3 Å². The lowest BCUT2D eigenvalue weighted by Crippen LogP contribution is -3.00. The molecule has 0 amide bonds. The van der Waals surface area contributed by atoms with Crippen LogP contribution < -0.4 is 16.2 Å². The Hall–Kier alpha value is -2.01. The highest BCUT2D eigenvalue weighted by molar-refractivity contribution is 7.24. The smallest absolute Gasteiger partial charge is 0.262 e. The minimum atomic E-state index is 0. The highest BCUT2D eigenvalue weighted by Gasteiger charge is 2.17. The largest absolute Gasteiger partial charge is 1.00 e. The molecule has 0 saturated heterocycles. The summed E-state index contributed by atoms with van der Waals surface area (Å²) in [7, 11) is 0. The van der Waals surface area contributed by atoms with Crippen LogP contribution in [0.3, 0.4) is 0 Å². The van der Waals surface area contributed by atoms with Crippen LogP contribution in [0.4, 0.5) is 11.4 Å². The first kappa shape index (κ1) is 13.4. The third-order valence-electron chi connectivity index (χ3n) is 3.23. The van der Waals surface area contributed by atoms with Gasteiger partial charge in [0.05, 0.1) is 0 Å². The number of halogens is 1. The normalized spacial score (nSPS) is 10.6. The van der Waals surface area contributed by atoms with Gasteiger partial charge in [0.2, 0.25) is 11.3 Å². The third kappa shape index (κ3) is 2.06. The molecule has 0 unspecified atom stereocenters. The van der Waals surface area contributed by atoms with Crippen molar-refractivity contribution in [1.29, 1.82) is 0 Å². The molecule has 1 heterocycles. The summed E-state index contributed by atoms with van der Waals surface area (Å²) in [5.41, 5.74) is 17.6. The molecular weight excluding hydrogens is 261 g/mol. The van der Waals surface area contributed by atoms with Gasteiger partial charge in [-0.05, 0) is 37.6 Å². The Morgan fingerprint density at radius 1 is 1.00 bits per heavy atom. The molecule has 0 aliphatic carbocycles. The van der Waals surface area contributed by atoms with E-state index in [2.05, 4.69) is 4.98 Å². The SMILES string of the molecule is Cc1cc2nc3ccc(N)c(C)c3[s+]c2cc1N.[F-]. The Bertz CT molecular complexity index is 786. The number of aromatic nitrogens is 1. The number of fused-ring (bicyclic) bond motifs is 2. The van der Waals surface area contributed by atoms with E-state index in [4.69, 9.17) is 11.5 Å². The zero-order chi connectivity index (χ0) is 12.9. The van der Waals surface area contributed by atoms with Gasteiger partial charge in [0.1, 0.15) is 11.0 Å². The molecule has 98 valence electrons. The number of benzene rings is 2. The lowest BCUT2D eigenvalue weighted by Gasteiger charge is -2.01. The van der Waals surface area contributed by atoms with Gasteiger partial charge >= 0.3 is 0 Å². The van der Waals surface area contributed by atoms with E-state index >= 15 is 0 Å². The number of anilines is 2. The number of hydrogen-bond donors (Lipinski definition) is 2. The molecular formula is C14H14FN3S. The van der Waals surface area contributed by atoms with Gasteiger partial charge < -0.3 is 16.2 Å². The molecule has 3 aromatic rings. The molecule has 3 rings (SSSR count). The zero-order valence-electron chi connectivity index (χ0n) is 10.7. The molecule has 2 aromatic carbocycles. The standard InChI is InChI=1S/C14H14N3S.FH/c1-7-5-12-13(6-10(7)16)18-14-8(2)9(15)3-4-11(14)17-12;/h3-6H,15-16H2,1-2H3;1H/q+1;/p-1. The monoisotopic (exact) mass is 275 g/mol. The number of nitrogens with two attached hydrogens (primary N) is 2. The molecule has 0 atom stereocenters. The Labute approximate surface area is 114 Å². The molecule has 4 N–H and O–H groups in total. The van der Waals surface area contributed by atoms with Crippen molar-refractivity contribution >= 4 is 43.1 Å². The number of nitrogen functional groups attached to an aromatic ring is 2. The fourth-order valence-electron chi connectivity index (χ4n) is 2.01. The average molecular weight is 275 g/mol.